The van der Waals surface area contributed by atoms with E-state index in [0.29, 0.717) is 0 Å². The number of carbonyl (C=O) groups excluding carboxylic acids is 1. The van der Waals surface area contributed by atoms with Crippen LogP contribution in [0, 0.1) is 0 Å². The highest BCUT2D eigenvalue weighted by atomic mass is 32.2. The quantitative estimate of drug-likeness (QED) is 0.739. The minimum absolute atomic E-state index is 0.145. The van der Waals surface area contributed by atoms with E-state index in [1.165, 1.54) is 22.9 Å². The third kappa shape index (κ3) is 3.98. The molecule has 2 aromatic rings. The molecule has 0 amide bonds. The van der Waals surface area contributed by atoms with E-state index in [1.807, 2.05) is 31.2 Å². The zero-order chi connectivity index (χ0) is 15.5. The molecule has 0 aliphatic carbocycles. The zero-order valence-corrected chi connectivity index (χ0v) is 14.0. The highest BCUT2D eigenvalue weighted by molar-refractivity contribution is 8.14. The average molecular weight is 298 g/mol. The molecule has 2 rings (SSSR count). The minimum Gasteiger partial charge on any atom is -0.282 e. The van der Waals surface area contributed by atoms with Crippen LogP contribution in [0.2, 0.25) is 0 Å². The summed E-state index contributed by atoms with van der Waals surface area (Å²) in [5, 5.41) is 0.145. The predicted molar refractivity (Wildman–Crippen MR) is 93.0 cm³/mol. The van der Waals surface area contributed by atoms with Gasteiger partial charge >= 0.3 is 0 Å². The molecule has 110 valence electrons. The largest absolute Gasteiger partial charge is 0.282 e. The second kappa shape index (κ2) is 6.48. The van der Waals surface area contributed by atoms with Gasteiger partial charge in [0, 0.05) is 5.56 Å². The van der Waals surface area contributed by atoms with Gasteiger partial charge in [-0.15, -0.1) is 0 Å². The molecule has 0 bridgehead atoms. The van der Waals surface area contributed by atoms with Crippen molar-refractivity contribution in [3.05, 3.63) is 59.7 Å². The molecule has 0 radical (unpaired) electrons. The molecule has 21 heavy (non-hydrogen) atoms. The molecule has 0 heterocycles. The normalized spacial score (nSPS) is 11.4. The smallest absolute Gasteiger partial charge is 0.219 e. The number of rotatable bonds is 3. The first-order valence-corrected chi connectivity index (χ1v) is 8.28. The van der Waals surface area contributed by atoms with Crippen LogP contribution in [0.1, 0.15) is 43.6 Å². The summed E-state index contributed by atoms with van der Waals surface area (Å²) >= 11 is 1.35. The van der Waals surface area contributed by atoms with Crippen LogP contribution in [0.4, 0.5) is 0 Å². The van der Waals surface area contributed by atoms with Crippen LogP contribution in [0.5, 0.6) is 0 Å². The maximum absolute atomic E-state index is 11.8. The Balaban J connectivity index is 2.21. The number of thioether (sulfide) groups is 1. The summed E-state index contributed by atoms with van der Waals surface area (Å²) in [6, 6.07) is 16.5. The van der Waals surface area contributed by atoms with Crippen molar-refractivity contribution in [3.8, 4) is 11.1 Å². The molecule has 0 saturated heterocycles. The Morgan fingerprint density at radius 3 is 1.81 bits per heavy atom. The van der Waals surface area contributed by atoms with E-state index >= 15 is 0 Å². The molecular formula is C19H22OS. The molecule has 0 saturated carbocycles. The molecule has 0 atom stereocenters. The van der Waals surface area contributed by atoms with E-state index in [-0.39, 0.29) is 10.5 Å². The fourth-order valence-corrected chi connectivity index (χ4v) is 2.74. The van der Waals surface area contributed by atoms with E-state index in [2.05, 4.69) is 45.0 Å². The zero-order valence-electron chi connectivity index (χ0n) is 13.1. The van der Waals surface area contributed by atoms with E-state index in [9.17, 15) is 4.79 Å². The van der Waals surface area contributed by atoms with Gasteiger partial charge in [-0.2, -0.15) is 0 Å². The fraction of sp³-hybridized carbons (Fsp3) is 0.316. The molecule has 0 spiro atoms. The van der Waals surface area contributed by atoms with Crippen molar-refractivity contribution in [2.45, 2.75) is 33.1 Å². The highest BCUT2D eigenvalue weighted by Gasteiger charge is 2.13. The summed E-state index contributed by atoms with van der Waals surface area (Å²) in [6.07, 6.45) is 0. The Morgan fingerprint density at radius 1 is 0.905 bits per heavy atom. The lowest BCUT2D eigenvalue weighted by molar-refractivity contribution is 0.108. The van der Waals surface area contributed by atoms with Gasteiger partial charge in [0.2, 0.25) is 5.12 Å². The Hall–Kier alpha value is -1.54. The van der Waals surface area contributed by atoms with Crippen LogP contribution in [0.15, 0.2) is 48.5 Å². The average Bonchev–Trinajstić information content (AvgIpc) is 2.47. The van der Waals surface area contributed by atoms with Crippen LogP contribution in [-0.4, -0.2) is 10.9 Å². The third-order valence-electron chi connectivity index (χ3n) is 3.48. The van der Waals surface area contributed by atoms with Crippen LogP contribution in [-0.2, 0) is 5.41 Å². The number of hydrogen-bond acceptors (Lipinski definition) is 2. The molecule has 2 heteroatoms. The van der Waals surface area contributed by atoms with Crippen molar-refractivity contribution in [1.82, 2.24) is 0 Å². The van der Waals surface area contributed by atoms with Crippen molar-refractivity contribution in [2.24, 2.45) is 0 Å². The van der Waals surface area contributed by atoms with E-state index in [0.717, 1.165) is 16.9 Å². The van der Waals surface area contributed by atoms with Gasteiger partial charge < -0.3 is 0 Å². The third-order valence-corrected chi connectivity index (χ3v) is 4.27. The van der Waals surface area contributed by atoms with Crippen LogP contribution >= 0.6 is 11.8 Å². The lowest BCUT2D eigenvalue weighted by atomic mass is 9.86. The monoisotopic (exact) mass is 298 g/mol. The lowest BCUT2D eigenvalue weighted by Gasteiger charge is -2.19. The SMILES string of the molecule is CCSC(=O)c1ccc(-c2ccc(C(C)(C)C)cc2)cc1. The van der Waals surface area contributed by atoms with Crippen molar-refractivity contribution in [2.75, 3.05) is 5.75 Å². The van der Waals surface area contributed by atoms with Gasteiger partial charge in [-0.1, -0.05) is 75.9 Å². The second-order valence-electron chi connectivity index (χ2n) is 6.13. The van der Waals surface area contributed by atoms with Crippen LogP contribution in [0.25, 0.3) is 11.1 Å². The topological polar surface area (TPSA) is 17.1 Å². The van der Waals surface area contributed by atoms with Crippen LogP contribution in [0.3, 0.4) is 0 Å². The van der Waals surface area contributed by atoms with Crippen LogP contribution < -0.4 is 0 Å². The van der Waals surface area contributed by atoms with Crippen molar-refractivity contribution >= 4 is 16.9 Å². The van der Waals surface area contributed by atoms with Gasteiger partial charge in [0.15, 0.2) is 0 Å². The maximum Gasteiger partial charge on any atom is 0.219 e. The summed E-state index contributed by atoms with van der Waals surface area (Å²) in [5.41, 5.74) is 4.61. The van der Waals surface area contributed by atoms with Gasteiger partial charge in [0.25, 0.3) is 0 Å². The van der Waals surface area contributed by atoms with E-state index < -0.39 is 0 Å². The second-order valence-corrected chi connectivity index (χ2v) is 7.36. The standard InChI is InChI=1S/C19H22OS/c1-5-21-18(20)16-8-6-14(7-9-16)15-10-12-17(13-11-15)19(2,3)4/h6-13H,5H2,1-4H3. The Morgan fingerprint density at radius 2 is 1.38 bits per heavy atom. The van der Waals surface area contributed by atoms with Crippen molar-refractivity contribution in [1.29, 1.82) is 0 Å². The van der Waals surface area contributed by atoms with Gasteiger partial charge in [-0.3, -0.25) is 4.79 Å². The van der Waals surface area contributed by atoms with Gasteiger partial charge in [0.05, 0.1) is 0 Å². The number of benzene rings is 2. The summed E-state index contributed by atoms with van der Waals surface area (Å²) in [7, 11) is 0. The highest BCUT2D eigenvalue weighted by Crippen LogP contribution is 2.26. The molecule has 1 nitrogen and oxygen atoms in total. The first-order valence-electron chi connectivity index (χ1n) is 7.30. The van der Waals surface area contributed by atoms with Gasteiger partial charge in [0.1, 0.15) is 0 Å². The summed E-state index contributed by atoms with van der Waals surface area (Å²) in [6.45, 7) is 8.64. The molecule has 2 aromatic carbocycles. The molecule has 0 unspecified atom stereocenters. The van der Waals surface area contributed by atoms with Gasteiger partial charge in [-0.05, 0) is 40.0 Å². The molecule has 0 fully saturated rings. The summed E-state index contributed by atoms with van der Waals surface area (Å²) < 4.78 is 0. The molecular weight excluding hydrogens is 276 g/mol. The first-order chi connectivity index (χ1) is 9.91. The summed E-state index contributed by atoms with van der Waals surface area (Å²) in [5.74, 6) is 0.814. The lowest BCUT2D eigenvalue weighted by Crippen LogP contribution is -2.10. The maximum atomic E-state index is 11.8. The Kier molecular flexibility index (Phi) is 4.89. The molecule has 0 aliphatic rings. The first kappa shape index (κ1) is 15.8. The van der Waals surface area contributed by atoms with Crippen molar-refractivity contribution in [3.63, 3.8) is 0 Å². The summed E-state index contributed by atoms with van der Waals surface area (Å²) in [4.78, 5) is 11.8. The Bertz CT molecular complexity index is 604. The molecule has 0 N–H and O–H groups in total. The Labute approximate surface area is 131 Å². The van der Waals surface area contributed by atoms with Gasteiger partial charge in [-0.25, -0.2) is 0 Å². The number of carbonyl (C=O) groups is 1. The van der Waals surface area contributed by atoms with Crippen molar-refractivity contribution < 1.29 is 4.79 Å². The molecule has 0 aromatic heterocycles. The predicted octanol–water partition coefficient (Wildman–Crippen LogP) is 5.54. The molecule has 0 aliphatic heterocycles. The number of hydrogen-bond donors (Lipinski definition) is 0. The minimum atomic E-state index is 0.145. The van der Waals surface area contributed by atoms with E-state index in [1.54, 1.807) is 0 Å². The van der Waals surface area contributed by atoms with E-state index in [4.69, 9.17) is 0 Å². The fourth-order valence-electron chi connectivity index (χ4n) is 2.18.